The Labute approximate surface area is 103 Å². The van der Waals surface area contributed by atoms with Gasteiger partial charge in [-0.3, -0.25) is 4.79 Å². The van der Waals surface area contributed by atoms with Crippen LogP contribution in [0.15, 0.2) is 24.3 Å². The molecule has 0 atom stereocenters. The summed E-state index contributed by atoms with van der Waals surface area (Å²) in [4.78, 5) is 11.7. The molecule has 0 fully saturated rings. The third kappa shape index (κ3) is 5.18. The summed E-state index contributed by atoms with van der Waals surface area (Å²) in [7, 11) is 0. The number of hydrogen-bond donors (Lipinski definition) is 1. The molecule has 1 aromatic carbocycles. The Morgan fingerprint density at radius 1 is 1.28 bits per heavy atom. The molecule has 0 bridgehead atoms. The highest BCUT2D eigenvalue weighted by molar-refractivity contribution is 5.96. The highest BCUT2D eigenvalue weighted by atomic mass is 19.4. The average Bonchev–Trinajstić information content (AvgIpc) is 2.27. The Kier molecular flexibility index (Phi) is 5.15. The van der Waals surface area contributed by atoms with Gasteiger partial charge < -0.3 is 10.5 Å². The maximum atomic E-state index is 12.0. The van der Waals surface area contributed by atoms with Crippen molar-refractivity contribution in [1.29, 1.82) is 0 Å². The zero-order valence-corrected chi connectivity index (χ0v) is 9.67. The molecule has 3 nitrogen and oxygen atoms in total. The number of halogens is 3. The van der Waals surface area contributed by atoms with Gasteiger partial charge in [-0.1, -0.05) is 12.1 Å². The quantitative estimate of drug-likeness (QED) is 0.632. The maximum absolute atomic E-state index is 12.0. The summed E-state index contributed by atoms with van der Waals surface area (Å²) >= 11 is 0. The second-order valence-electron chi connectivity index (χ2n) is 3.74. The molecule has 6 heteroatoms. The van der Waals surface area contributed by atoms with Crippen molar-refractivity contribution in [2.75, 3.05) is 6.54 Å². The molecule has 0 aliphatic carbocycles. The molecule has 1 aromatic rings. The van der Waals surface area contributed by atoms with Crippen LogP contribution < -0.4 is 10.5 Å². The van der Waals surface area contributed by atoms with Gasteiger partial charge in [0.1, 0.15) is 5.75 Å². The van der Waals surface area contributed by atoms with Crippen LogP contribution in [0.25, 0.3) is 0 Å². The first-order valence-electron chi connectivity index (χ1n) is 5.51. The molecule has 0 unspecified atom stereocenters. The molecule has 2 N–H and O–H groups in total. The number of carbonyl (C=O) groups is 1. The summed E-state index contributed by atoms with van der Waals surface area (Å²) in [6.45, 7) is 0.491. The molecule has 0 saturated carbocycles. The number of rotatable bonds is 6. The number of nitrogens with two attached hydrogens (primary N) is 1. The molecular formula is C12H14F3NO2. The molecular weight excluding hydrogens is 247 g/mol. The fraction of sp³-hybridized carbons (Fsp3) is 0.417. The van der Waals surface area contributed by atoms with Crippen LogP contribution in [0.2, 0.25) is 0 Å². The number of ketones is 1. The average molecular weight is 261 g/mol. The van der Waals surface area contributed by atoms with Crippen molar-refractivity contribution in [2.45, 2.75) is 25.6 Å². The van der Waals surface area contributed by atoms with E-state index in [4.69, 9.17) is 5.73 Å². The minimum atomic E-state index is -4.75. The maximum Gasteiger partial charge on any atom is 0.573 e. The number of Topliss-reactive ketones (excluding diaryl/α,β-unsaturated/α-hetero) is 1. The van der Waals surface area contributed by atoms with E-state index in [1.807, 2.05) is 0 Å². The first-order valence-corrected chi connectivity index (χ1v) is 5.51. The number of benzene rings is 1. The van der Waals surface area contributed by atoms with Gasteiger partial charge in [0.05, 0.1) is 0 Å². The molecule has 0 aliphatic rings. The van der Waals surface area contributed by atoms with Gasteiger partial charge in [0.25, 0.3) is 0 Å². The lowest BCUT2D eigenvalue weighted by Crippen LogP contribution is -2.17. The molecule has 100 valence electrons. The predicted octanol–water partition coefficient (Wildman–Crippen LogP) is 2.90. The second kappa shape index (κ2) is 6.39. The van der Waals surface area contributed by atoms with E-state index < -0.39 is 6.36 Å². The van der Waals surface area contributed by atoms with Gasteiger partial charge in [0, 0.05) is 12.0 Å². The van der Waals surface area contributed by atoms with Gasteiger partial charge in [0.15, 0.2) is 5.78 Å². The second-order valence-corrected chi connectivity index (χ2v) is 3.74. The highest BCUT2D eigenvalue weighted by Gasteiger charge is 2.31. The molecule has 18 heavy (non-hydrogen) atoms. The zero-order chi connectivity index (χ0) is 13.6. The number of ether oxygens (including phenoxy) is 1. The van der Waals surface area contributed by atoms with Gasteiger partial charge in [-0.15, -0.1) is 13.2 Å². The molecule has 0 spiro atoms. The van der Waals surface area contributed by atoms with Crippen LogP contribution in [0.5, 0.6) is 5.75 Å². The third-order valence-corrected chi connectivity index (χ3v) is 2.25. The van der Waals surface area contributed by atoms with Crippen LogP contribution >= 0.6 is 0 Å². The van der Waals surface area contributed by atoms with E-state index in [2.05, 4.69) is 4.74 Å². The van der Waals surface area contributed by atoms with E-state index in [1.54, 1.807) is 0 Å². The summed E-state index contributed by atoms with van der Waals surface area (Å²) in [5, 5.41) is 0. The number of carbonyl (C=O) groups excluding carboxylic acids is 1. The molecule has 0 aromatic heterocycles. The summed E-state index contributed by atoms with van der Waals surface area (Å²) < 4.78 is 39.8. The van der Waals surface area contributed by atoms with Crippen LogP contribution in [-0.2, 0) is 0 Å². The van der Waals surface area contributed by atoms with E-state index in [0.29, 0.717) is 19.4 Å². The van der Waals surface area contributed by atoms with Crippen molar-refractivity contribution < 1.29 is 22.7 Å². The lowest BCUT2D eigenvalue weighted by Gasteiger charge is -2.09. The van der Waals surface area contributed by atoms with E-state index >= 15 is 0 Å². The van der Waals surface area contributed by atoms with Gasteiger partial charge in [-0.2, -0.15) is 0 Å². The van der Waals surface area contributed by atoms with E-state index in [0.717, 1.165) is 12.1 Å². The Balaban J connectivity index is 2.66. The molecule has 0 aliphatic heterocycles. The summed E-state index contributed by atoms with van der Waals surface area (Å²) in [6.07, 6.45) is -3.14. The number of unbranched alkanes of at least 4 members (excludes halogenated alkanes) is 1. The third-order valence-electron chi connectivity index (χ3n) is 2.25. The van der Waals surface area contributed by atoms with Gasteiger partial charge in [0.2, 0.25) is 0 Å². The molecule has 0 heterocycles. The Morgan fingerprint density at radius 2 is 2.00 bits per heavy atom. The lowest BCUT2D eigenvalue weighted by atomic mass is 10.1. The normalized spacial score (nSPS) is 11.3. The van der Waals surface area contributed by atoms with Gasteiger partial charge in [-0.25, -0.2) is 0 Å². The Morgan fingerprint density at radius 3 is 2.61 bits per heavy atom. The van der Waals surface area contributed by atoms with Crippen molar-refractivity contribution in [2.24, 2.45) is 5.73 Å². The highest BCUT2D eigenvalue weighted by Crippen LogP contribution is 2.23. The van der Waals surface area contributed by atoms with E-state index in [-0.39, 0.29) is 23.5 Å². The zero-order valence-electron chi connectivity index (χ0n) is 9.67. The van der Waals surface area contributed by atoms with Crippen LogP contribution in [-0.4, -0.2) is 18.7 Å². The van der Waals surface area contributed by atoms with Crippen molar-refractivity contribution in [3.05, 3.63) is 29.8 Å². The predicted molar refractivity (Wildman–Crippen MR) is 60.4 cm³/mol. The van der Waals surface area contributed by atoms with Crippen LogP contribution in [0, 0.1) is 0 Å². The van der Waals surface area contributed by atoms with Crippen molar-refractivity contribution in [1.82, 2.24) is 0 Å². The summed E-state index contributed by atoms with van der Waals surface area (Å²) in [5.74, 6) is -0.594. The Bertz CT molecular complexity index is 405. The van der Waals surface area contributed by atoms with Crippen LogP contribution in [0.4, 0.5) is 13.2 Å². The molecule has 0 radical (unpaired) electrons. The molecule has 1 rings (SSSR count). The van der Waals surface area contributed by atoms with Gasteiger partial charge in [-0.05, 0) is 31.5 Å². The van der Waals surface area contributed by atoms with Gasteiger partial charge >= 0.3 is 6.36 Å². The van der Waals surface area contributed by atoms with Crippen molar-refractivity contribution in [3.63, 3.8) is 0 Å². The van der Waals surface area contributed by atoms with Crippen LogP contribution in [0.1, 0.15) is 29.6 Å². The smallest absolute Gasteiger partial charge is 0.406 e. The minimum Gasteiger partial charge on any atom is -0.406 e. The fourth-order valence-corrected chi connectivity index (χ4v) is 1.44. The largest absolute Gasteiger partial charge is 0.573 e. The van der Waals surface area contributed by atoms with Crippen LogP contribution in [0.3, 0.4) is 0 Å². The van der Waals surface area contributed by atoms with Crippen molar-refractivity contribution in [3.8, 4) is 5.75 Å². The number of hydrogen-bond acceptors (Lipinski definition) is 3. The first-order chi connectivity index (χ1) is 8.42. The summed E-state index contributed by atoms with van der Waals surface area (Å²) in [6, 6.07) is 5.08. The standard InChI is InChI=1S/C12H14F3NO2/c13-12(14,15)18-10-5-3-4-9(8-10)11(17)6-1-2-7-16/h3-5,8H,1-2,6-7,16H2. The summed E-state index contributed by atoms with van der Waals surface area (Å²) in [5.41, 5.74) is 5.51. The monoisotopic (exact) mass is 261 g/mol. The SMILES string of the molecule is NCCCCC(=O)c1cccc(OC(F)(F)F)c1. The van der Waals surface area contributed by atoms with Crippen molar-refractivity contribution >= 4 is 5.78 Å². The molecule has 0 saturated heterocycles. The fourth-order valence-electron chi connectivity index (χ4n) is 1.44. The lowest BCUT2D eigenvalue weighted by molar-refractivity contribution is -0.274. The minimum absolute atomic E-state index is 0.212. The topological polar surface area (TPSA) is 52.3 Å². The molecule has 0 amide bonds. The van der Waals surface area contributed by atoms with E-state index in [9.17, 15) is 18.0 Å². The number of alkyl halides is 3. The first kappa shape index (κ1) is 14.5. The Hall–Kier alpha value is -1.56. The van der Waals surface area contributed by atoms with E-state index in [1.165, 1.54) is 12.1 Å².